The third-order valence-corrected chi connectivity index (χ3v) is 3.90. The van der Waals surface area contributed by atoms with Crippen molar-refractivity contribution in [1.29, 1.82) is 0 Å². The van der Waals surface area contributed by atoms with Crippen LogP contribution in [-0.4, -0.2) is 9.97 Å². The van der Waals surface area contributed by atoms with Gasteiger partial charge in [-0.25, -0.2) is 9.97 Å². The van der Waals surface area contributed by atoms with Crippen molar-refractivity contribution in [3.8, 4) is 11.3 Å². The quantitative estimate of drug-likeness (QED) is 0.729. The van der Waals surface area contributed by atoms with Crippen LogP contribution in [0.2, 0.25) is 5.15 Å². The molecule has 2 nitrogen and oxygen atoms in total. The highest BCUT2D eigenvalue weighted by atomic mass is 35.5. The number of aromatic nitrogens is 2. The van der Waals surface area contributed by atoms with E-state index in [9.17, 15) is 13.2 Å². The molecule has 1 aromatic carbocycles. The molecule has 0 spiro atoms. The Hall–Kier alpha value is -1.62. The normalized spacial score (nSPS) is 15.3. The topological polar surface area (TPSA) is 25.8 Å². The fourth-order valence-electron chi connectivity index (χ4n) is 2.23. The Morgan fingerprint density at radius 1 is 1.14 bits per heavy atom. The van der Waals surface area contributed by atoms with Crippen LogP contribution in [0.15, 0.2) is 24.3 Å². The van der Waals surface area contributed by atoms with Gasteiger partial charge in [-0.05, 0) is 25.8 Å². The summed E-state index contributed by atoms with van der Waals surface area (Å²) in [6, 6.07) is 5.41. The van der Waals surface area contributed by atoms with Crippen LogP contribution in [0.3, 0.4) is 0 Å². The van der Waals surface area contributed by atoms with Crippen LogP contribution >= 0.6 is 11.6 Å². The summed E-state index contributed by atoms with van der Waals surface area (Å²) >= 11 is 6.07. The van der Waals surface area contributed by atoms with Crippen molar-refractivity contribution in [2.45, 2.75) is 31.9 Å². The zero-order valence-corrected chi connectivity index (χ0v) is 12.0. The van der Waals surface area contributed by atoms with E-state index in [-0.39, 0.29) is 22.3 Å². The molecule has 0 saturated heterocycles. The van der Waals surface area contributed by atoms with Crippen LogP contribution in [-0.2, 0) is 6.18 Å². The molecule has 0 N–H and O–H groups in total. The molecular weight excluding hydrogens is 301 g/mol. The van der Waals surface area contributed by atoms with E-state index in [4.69, 9.17) is 11.6 Å². The Kier molecular flexibility index (Phi) is 3.40. The number of hydrogen-bond donors (Lipinski definition) is 0. The lowest BCUT2D eigenvalue weighted by molar-refractivity contribution is -0.137. The van der Waals surface area contributed by atoms with Crippen molar-refractivity contribution in [2.75, 3.05) is 0 Å². The molecule has 0 bridgehead atoms. The molecule has 2 aromatic rings. The van der Waals surface area contributed by atoms with Gasteiger partial charge in [-0.1, -0.05) is 29.8 Å². The van der Waals surface area contributed by atoms with Gasteiger partial charge in [-0.2, -0.15) is 13.2 Å². The van der Waals surface area contributed by atoms with Gasteiger partial charge in [0.2, 0.25) is 0 Å². The average molecular weight is 313 g/mol. The van der Waals surface area contributed by atoms with E-state index < -0.39 is 11.7 Å². The van der Waals surface area contributed by atoms with Crippen LogP contribution < -0.4 is 0 Å². The van der Waals surface area contributed by atoms with Gasteiger partial charge in [0.25, 0.3) is 0 Å². The summed E-state index contributed by atoms with van der Waals surface area (Å²) in [4.78, 5) is 8.53. The van der Waals surface area contributed by atoms with Crippen molar-refractivity contribution in [1.82, 2.24) is 9.97 Å². The van der Waals surface area contributed by atoms with E-state index in [1.165, 1.54) is 12.1 Å². The van der Waals surface area contributed by atoms with Gasteiger partial charge in [-0.3, -0.25) is 0 Å². The number of nitrogens with zero attached hydrogens (tertiary/aromatic N) is 2. The van der Waals surface area contributed by atoms with E-state index >= 15 is 0 Å². The molecule has 21 heavy (non-hydrogen) atoms. The van der Waals surface area contributed by atoms with Crippen LogP contribution in [0.4, 0.5) is 13.2 Å². The highest BCUT2D eigenvalue weighted by Gasteiger charge is 2.35. The zero-order valence-electron chi connectivity index (χ0n) is 11.2. The van der Waals surface area contributed by atoms with E-state index in [0.29, 0.717) is 11.4 Å². The summed E-state index contributed by atoms with van der Waals surface area (Å²) in [5.74, 6) is 0.762. The Labute approximate surface area is 125 Å². The molecule has 3 rings (SSSR count). The lowest BCUT2D eigenvalue weighted by Gasteiger charge is -2.15. The number of hydrogen-bond acceptors (Lipinski definition) is 2. The first-order chi connectivity index (χ1) is 9.88. The second kappa shape index (κ2) is 4.98. The molecule has 1 aliphatic carbocycles. The van der Waals surface area contributed by atoms with Crippen LogP contribution in [0.1, 0.15) is 35.7 Å². The van der Waals surface area contributed by atoms with E-state index in [0.717, 1.165) is 18.9 Å². The molecular formula is C15H12ClF3N2. The van der Waals surface area contributed by atoms with Crippen molar-refractivity contribution >= 4 is 11.6 Å². The van der Waals surface area contributed by atoms with Crippen LogP contribution in [0, 0.1) is 6.92 Å². The predicted octanol–water partition coefficient (Wildman–Crippen LogP) is 5.00. The third kappa shape index (κ3) is 2.75. The molecule has 1 saturated carbocycles. The molecule has 1 aliphatic rings. The predicted molar refractivity (Wildman–Crippen MR) is 74.2 cm³/mol. The van der Waals surface area contributed by atoms with E-state index in [1.54, 1.807) is 13.0 Å². The first-order valence-corrected chi connectivity index (χ1v) is 6.96. The maximum Gasteiger partial charge on any atom is 0.417 e. The molecule has 1 fully saturated rings. The van der Waals surface area contributed by atoms with Crippen molar-refractivity contribution in [3.05, 3.63) is 46.4 Å². The molecule has 6 heteroatoms. The summed E-state index contributed by atoms with van der Waals surface area (Å²) < 4.78 is 39.5. The molecule has 0 radical (unpaired) electrons. The second-order valence-electron chi connectivity index (χ2n) is 5.16. The first-order valence-electron chi connectivity index (χ1n) is 6.58. The molecule has 0 atom stereocenters. The summed E-state index contributed by atoms with van der Waals surface area (Å²) in [7, 11) is 0. The monoisotopic (exact) mass is 312 g/mol. The molecule has 0 aliphatic heterocycles. The van der Waals surface area contributed by atoms with Gasteiger partial charge in [0.1, 0.15) is 11.0 Å². The van der Waals surface area contributed by atoms with Gasteiger partial charge in [0.05, 0.1) is 11.3 Å². The minimum absolute atomic E-state index is 0.0497. The largest absolute Gasteiger partial charge is 0.417 e. The minimum Gasteiger partial charge on any atom is -0.232 e. The SMILES string of the molecule is Cc1c(Cl)nc(C2CC2)nc1-c1ccccc1C(F)(F)F. The Balaban J connectivity index is 2.21. The van der Waals surface area contributed by atoms with Crippen molar-refractivity contribution in [2.24, 2.45) is 0 Å². The van der Waals surface area contributed by atoms with Crippen LogP contribution in [0.25, 0.3) is 11.3 Å². The molecule has 1 aromatic heterocycles. The maximum absolute atomic E-state index is 13.2. The summed E-state index contributed by atoms with van der Waals surface area (Å²) in [5.41, 5.74) is 0.0842. The lowest BCUT2D eigenvalue weighted by atomic mass is 10.0. The Morgan fingerprint density at radius 2 is 1.81 bits per heavy atom. The summed E-state index contributed by atoms with van der Waals surface area (Å²) in [6.07, 6.45) is -2.51. The number of halogens is 4. The third-order valence-electron chi connectivity index (χ3n) is 3.53. The van der Waals surface area contributed by atoms with Crippen molar-refractivity contribution < 1.29 is 13.2 Å². The fraction of sp³-hybridized carbons (Fsp3) is 0.333. The zero-order chi connectivity index (χ0) is 15.2. The number of rotatable bonds is 2. The summed E-state index contributed by atoms with van der Waals surface area (Å²) in [6.45, 7) is 1.64. The second-order valence-corrected chi connectivity index (χ2v) is 5.52. The van der Waals surface area contributed by atoms with Gasteiger partial charge >= 0.3 is 6.18 Å². The number of benzene rings is 1. The van der Waals surface area contributed by atoms with Crippen molar-refractivity contribution in [3.63, 3.8) is 0 Å². The molecule has 1 heterocycles. The minimum atomic E-state index is -4.43. The molecule has 0 amide bonds. The highest BCUT2D eigenvalue weighted by Crippen LogP contribution is 2.42. The fourth-order valence-corrected chi connectivity index (χ4v) is 2.40. The Bertz CT molecular complexity index is 694. The Morgan fingerprint density at radius 3 is 2.43 bits per heavy atom. The molecule has 110 valence electrons. The number of alkyl halides is 3. The van der Waals surface area contributed by atoms with E-state index in [1.807, 2.05) is 0 Å². The maximum atomic E-state index is 13.2. The smallest absolute Gasteiger partial charge is 0.232 e. The average Bonchev–Trinajstić information content (AvgIpc) is 3.25. The van der Waals surface area contributed by atoms with E-state index in [2.05, 4.69) is 9.97 Å². The van der Waals surface area contributed by atoms with Gasteiger partial charge in [0.15, 0.2) is 0 Å². The lowest BCUT2D eigenvalue weighted by Crippen LogP contribution is -2.09. The van der Waals surface area contributed by atoms with Gasteiger partial charge in [-0.15, -0.1) is 0 Å². The molecule has 0 unspecified atom stereocenters. The van der Waals surface area contributed by atoms with Crippen LogP contribution in [0.5, 0.6) is 0 Å². The summed E-state index contributed by atoms with van der Waals surface area (Å²) in [5, 5.41) is 0.221. The highest BCUT2D eigenvalue weighted by molar-refractivity contribution is 6.30. The van der Waals surface area contributed by atoms with Gasteiger partial charge < -0.3 is 0 Å². The standard InChI is InChI=1S/C15H12ClF3N2/c1-8-12(20-14(9-6-7-9)21-13(8)16)10-4-2-3-5-11(10)15(17,18)19/h2-5,9H,6-7H2,1H3. The first kappa shape index (κ1) is 14.3. The van der Waals surface area contributed by atoms with Gasteiger partial charge in [0, 0.05) is 17.0 Å².